The summed E-state index contributed by atoms with van der Waals surface area (Å²) in [5.74, 6) is 0.733. The third-order valence-corrected chi connectivity index (χ3v) is 11.8. The van der Waals surface area contributed by atoms with E-state index >= 15 is 0 Å². The predicted octanol–water partition coefficient (Wildman–Crippen LogP) is 13.8. The summed E-state index contributed by atoms with van der Waals surface area (Å²) in [6, 6.07) is 63.4. The van der Waals surface area contributed by atoms with E-state index in [0.717, 1.165) is 12.8 Å². The molecule has 0 amide bonds. The largest absolute Gasteiger partial charge is 0.333 e. The third-order valence-electron chi connectivity index (χ3n) is 11.8. The fraction of sp³-hybridized carbons (Fsp3) is 0.115. The maximum atomic E-state index is 2.56. The highest BCUT2D eigenvalue weighted by molar-refractivity contribution is 6.09. The summed E-state index contributed by atoms with van der Waals surface area (Å²) >= 11 is 0. The van der Waals surface area contributed by atoms with E-state index in [4.69, 9.17) is 0 Å². The molecule has 1 heterocycles. The van der Waals surface area contributed by atoms with Crippen molar-refractivity contribution in [1.82, 2.24) is 4.57 Å². The highest BCUT2D eigenvalue weighted by atomic mass is 15.0. The second kappa shape index (κ2) is 13.1. The molecule has 1 nitrogen and oxygen atoms in total. The van der Waals surface area contributed by atoms with Gasteiger partial charge in [0.25, 0.3) is 0 Å². The molecule has 7 aromatic carbocycles. The van der Waals surface area contributed by atoms with Gasteiger partial charge in [0.15, 0.2) is 0 Å². The molecule has 0 N–H and O–H groups in total. The molecule has 0 bridgehead atoms. The third kappa shape index (κ3) is 5.56. The smallest absolute Gasteiger partial charge is 0.0566 e. The number of benzene rings is 7. The van der Waals surface area contributed by atoms with Gasteiger partial charge in [0.05, 0.1) is 6.04 Å². The topological polar surface area (TPSA) is 4.93 Å². The van der Waals surface area contributed by atoms with E-state index in [2.05, 4.69) is 200 Å². The summed E-state index contributed by atoms with van der Waals surface area (Å²) in [5, 5.41) is 2.62. The zero-order valence-electron chi connectivity index (χ0n) is 30.0. The summed E-state index contributed by atoms with van der Waals surface area (Å²) in [6.45, 7) is 2.43. The van der Waals surface area contributed by atoms with Gasteiger partial charge in [-0.1, -0.05) is 171 Å². The average molecular weight is 680 g/mol. The van der Waals surface area contributed by atoms with Crippen molar-refractivity contribution in [2.45, 2.75) is 37.6 Å². The molecule has 1 heteroatoms. The molecule has 254 valence electrons. The van der Waals surface area contributed by atoms with Crippen molar-refractivity contribution in [3.8, 4) is 33.4 Å². The summed E-state index contributed by atoms with van der Waals surface area (Å²) in [6.07, 6.45) is 9.05. The lowest BCUT2D eigenvalue weighted by atomic mass is 9.79. The van der Waals surface area contributed by atoms with Crippen molar-refractivity contribution in [3.63, 3.8) is 0 Å². The van der Waals surface area contributed by atoms with Crippen molar-refractivity contribution in [3.05, 3.63) is 210 Å². The van der Waals surface area contributed by atoms with Crippen LogP contribution in [-0.4, -0.2) is 4.57 Å². The zero-order chi connectivity index (χ0) is 35.3. The number of para-hydroxylation sites is 1. The van der Waals surface area contributed by atoms with Gasteiger partial charge in [-0.2, -0.15) is 0 Å². The van der Waals surface area contributed by atoms with E-state index in [-0.39, 0.29) is 6.04 Å². The first-order chi connectivity index (χ1) is 26.2. The van der Waals surface area contributed by atoms with Gasteiger partial charge in [0.1, 0.15) is 0 Å². The van der Waals surface area contributed by atoms with Crippen LogP contribution in [0.3, 0.4) is 0 Å². The molecule has 1 aromatic heterocycles. The Morgan fingerprint density at radius 3 is 2.06 bits per heavy atom. The number of hydrogen-bond donors (Lipinski definition) is 0. The van der Waals surface area contributed by atoms with Crippen LogP contribution < -0.4 is 0 Å². The van der Waals surface area contributed by atoms with Crippen LogP contribution in [0.2, 0.25) is 0 Å². The number of fused-ring (bicyclic) bond motifs is 6. The van der Waals surface area contributed by atoms with E-state index in [1.807, 2.05) is 0 Å². The molecular formula is C52H41N. The number of rotatable bonds is 5. The number of nitrogens with zero attached hydrogens (tertiary/aromatic N) is 1. The van der Waals surface area contributed by atoms with Crippen LogP contribution in [0.15, 0.2) is 188 Å². The minimum atomic E-state index is 0.246. The molecule has 0 saturated carbocycles. The molecule has 8 aromatic rings. The van der Waals surface area contributed by atoms with Gasteiger partial charge < -0.3 is 4.57 Å². The van der Waals surface area contributed by atoms with E-state index in [0.29, 0.717) is 11.8 Å². The average Bonchev–Trinajstić information content (AvgIpc) is 3.50. The van der Waals surface area contributed by atoms with Crippen molar-refractivity contribution in [1.29, 1.82) is 0 Å². The van der Waals surface area contributed by atoms with Crippen LogP contribution in [0.4, 0.5) is 0 Å². The molecule has 53 heavy (non-hydrogen) atoms. The second-order valence-electron chi connectivity index (χ2n) is 14.9. The molecule has 0 radical (unpaired) electrons. The Labute approximate surface area is 312 Å². The molecule has 2 aliphatic rings. The van der Waals surface area contributed by atoms with Crippen molar-refractivity contribution < 1.29 is 0 Å². The first-order valence-corrected chi connectivity index (χ1v) is 19.0. The maximum absolute atomic E-state index is 2.56. The van der Waals surface area contributed by atoms with Crippen molar-refractivity contribution in [2.75, 3.05) is 0 Å². The Morgan fingerprint density at radius 2 is 1.19 bits per heavy atom. The van der Waals surface area contributed by atoms with Gasteiger partial charge in [-0.25, -0.2) is 0 Å². The lowest BCUT2D eigenvalue weighted by Crippen LogP contribution is -2.10. The van der Waals surface area contributed by atoms with E-state index in [1.165, 1.54) is 83.0 Å². The lowest BCUT2D eigenvalue weighted by Gasteiger charge is -2.25. The fourth-order valence-electron chi connectivity index (χ4n) is 9.15. The Bertz CT molecular complexity index is 2690. The van der Waals surface area contributed by atoms with E-state index < -0.39 is 0 Å². The van der Waals surface area contributed by atoms with Gasteiger partial charge in [-0.3, -0.25) is 0 Å². The summed E-state index contributed by atoms with van der Waals surface area (Å²) < 4.78 is 2.56. The monoisotopic (exact) mass is 679 g/mol. The van der Waals surface area contributed by atoms with Crippen molar-refractivity contribution >= 4 is 27.4 Å². The normalized spacial score (nSPS) is 18.0. The van der Waals surface area contributed by atoms with Gasteiger partial charge in [0, 0.05) is 21.8 Å². The number of allylic oxidation sites excluding steroid dienone is 4. The molecule has 2 aliphatic carbocycles. The van der Waals surface area contributed by atoms with Crippen LogP contribution in [0.5, 0.6) is 0 Å². The first kappa shape index (κ1) is 31.5. The highest BCUT2D eigenvalue weighted by Crippen LogP contribution is 2.47. The van der Waals surface area contributed by atoms with Crippen LogP contribution in [0.1, 0.15) is 53.5 Å². The molecule has 0 saturated heterocycles. The molecule has 10 rings (SSSR count). The van der Waals surface area contributed by atoms with E-state index in [1.54, 1.807) is 0 Å². The fourth-order valence-corrected chi connectivity index (χ4v) is 9.15. The molecule has 0 aliphatic heterocycles. The van der Waals surface area contributed by atoms with Gasteiger partial charge in [-0.05, 0) is 110 Å². The summed E-state index contributed by atoms with van der Waals surface area (Å²) in [4.78, 5) is 0. The summed E-state index contributed by atoms with van der Waals surface area (Å²) in [7, 11) is 0. The lowest BCUT2D eigenvalue weighted by molar-refractivity contribution is 0.579. The maximum Gasteiger partial charge on any atom is 0.0566 e. The van der Waals surface area contributed by atoms with Crippen LogP contribution in [0.25, 0.3) is 60.8 Å². The van der Waals surface area contributed by atoms with Crippen LogP contribution >= 0.6 is 0 Å². The molecule has 3 atom stereocenters. The molecule has 3 unspecified atom stereocenters. The van der Waals surface area contributed by atoms with Crippen LogP contribution in [-0.2, 0) is 6.42 Å². The quantitative estimate of drug-likeness (QED) is 0.171. The zero-order valence-corrected chi connectivity index (χ0v) is 30.0. The van der Waals surface area contributed by atoms with Crippen LogP contribution in [0, 0.1) is 0 Å². The Kier molecular flexibility index (Phi) is 7.80. The van der Waals surface area contributed by atoms with Gasteiger partial charge in [0.2, 0.25) is 0 Å². The second-order valence-corrected chi connectivity index (χ2v) is 14.9. The van der Waals surface area contributed by atoms with Gasteiger partial charge >= 0.3 is 0 Å². The number of hydrogen-bond acceptors (Lipinski definition) is 0. The molecule has 0 spiro atoms. The highest BCUT2D eigenvalue weighted by Gasteiger charge is 2.29. The number of aromatic nitrogens is 1. The Hall–Kier alpha value is -6.18. The first-order valence-electron chi connectivity index (χ1n) is 19.0. The predicted molar refractivity (Wildman–Crippen MR) is 224 cm³/mol. The minimum Gasteiger partial charge on any atom is -0.333 e. The van der Waals surface area contributed by atoms with E-state index in [9.17, 15) is 0 Å². The standard InChI is InChI=1S/C52H41N/c1-35-45-28-26-40(32-49(45)46-23-9-8-18-43(46)34-48(35)42-21-12-19-38(30-42)36-14-4-2-5-15-36)41-27-29-52-50(33-41)47-24-10-11-25-51(47)53(52)44-22-13-20-39(31-44)37-16-6-3-7-17-37/h2-21,23-33,35,44,48H,22,34H2,1H3. The van der Waals surface area contributed by atoms with Gasteiger partial charge in [-0.15, -0.1) is 0 Å². The summed E-state index contributed by atoms with van der Waals surface area (Å²) in [5.41, 5.74) is 17.2. The Morgan fingerprint density at radius 1 is 0.509 bits per heavy atom. The minimum absolute atomic E-state index is 0.246. The Balaban J connectivity index is 1.06. The van der Waals surface area contributed by atoms with Crippen molar-refractivity contribution in [2.24, 2.45) is 0 Å². The SMILES string of the molecule is CC1c2ccc(-c3ccc4c(c3)c3ccccc3n4C3C=C(c4ccccc4)C=CC3)cc2-c2ccccc2CC1c1cccc(-c2ccccc2)c1. The molecule has 0 fully saturated rings. The molecular weight excluding hydrogens is 639 g/mol.